The molecular weight excluding hydrogens is 252 g/mol. The number of methoxy groups -OCH3 is 1. The third-order valence-corrected chi connectivity index (χ3v) is 3.94. The average Bonchev–Trinajstić information content (AvgIpc) is 3.02. The molecule has 0 bridgehead atoms. The molecule has 1 amide bonds. The number of hydrogen-bond donors (Lipinski definition) is 1. The molecule has 1 aliphatic carbocycles. The molecule has 1 saturated carbocycles. The Labute approximate surface area is 120 Å². The minimum atomic E-state index is 0.190. The molecule has 20 heavy (non-hydrogen) atoms. The van der Waals surface area contributed by atoms with E-state index in [1.807, 2.05) is 29.2 Å². The van der Waals surface area contributed by atoms with Gasteiger partial charge in [0.25, 0.3) is 0 Å². The molecule has 0 spiro atoms. The summed E-state index contributed by atoms with van der Waals surface area (Å²) in [4.78, 5) is 14.6. The van der Waals surface area contributed by atoms with Gasteiger partial charge in [-0.2, -0.15) is 0 Å². The van der Waals surface area contributed by atoms with Gasteiger partial charge in [-0.1, -0.05) is 12.8 Å². The maximum atomic E-state index is 12.7. The van der Waals surface area contributed by atoms with E-state index >= 15 is 0 Å². The standard InChI is InChI=1S/C16H24N2O2/c1-20-15-9-7-14(8-10-15)18(12-4-11-17)16(19)13-5-2-3-6-13/h7-10,13H,2-6,11-12,17H2,1H3. The summed E-state index contributed by atoms with van der Waals surface area (Å²) in [5.74, 6) is 1.25. The maximum Gasteiger partial charge on any atom is 0.230 e. The number of ether oxygens (including phenoxy) is 1. The van der Waals surface area contributed by atoms with Crippen LogP contribution in [0.2, 0.25) is 0 Å². The van der Waals surface area contributed by atoms with Gasteiger partial charge in [-0.05, 0) is 50.1 Å². The van der Waals surface area contributed by atoms with Crippen molar-refractivity contribution in [3.8, 4) is 5.75 Å². The predicted octanol–water partition coefficient (Wildman–Crippen LogP) is 2.57. The smallest absolute Gasteiger partial charge is 0.230 e. The second-order valence-corrected chi connectivity index (χ2v) is 5.31. The molecule has 2 N–H and O–H groups in total. The van der Waals surface area contributed by atoms with E-state index in [-0.39, 0.29) is 11.8 Å². The van der Waals surface area contributed by atoms with E-state index < -0.39 is 0 Å². The van der Waals surface area contributed by atoms with Crippen LogP contribution in [0, 0.1) is 5.92 Å². The molecule has 4 heteroatoms. The predicted molar refractivity (Wildman–Crippen MR) is 81.0 cm³/mol. The van der Waals surface area contributed by atoms with Crippen LogP contribution in [0.1, 0.15) is 32.1 Å². The van der Waals surface area contributed by atoms with E-state index in [0.29, 0.717) is 13.1 Å². The van der Waals surface area contributed by atoms with Crippen LogP contribution in [-0.2, 0) is 4.79 Å². The molecule has 1 fully saturated rings. The Balaban J connectivity index is 2.14. The number of amides is 1. The number of carbonyl (C=O) groups excluding carboxylic acids is 1. The summed E-state index contributed by atoms with van der Waals surface area (Å²) in [6.45, 7) is 1.29. The molecule has 110 valence electrons. The second-order valence-electron chi connectivity index (χ2n) is 5.31. The Kier molecular flexibility index (Phi) is 5.41. The molecule has 0 aromatic heterocycles. The van der Waals surface area contributed by atoms with E-state index in [0.717, 1.165) is 30.7 Å². The molecule has 0 heterocycles. The van der Waals surface area contributed by atoms with Crippen molar-refractivity contribution in [3.63, 3.8) is 0 Å². The van der Waals surface area contributed by atoms with E-state index in [2.05, 4.69) is 0 Å². The van der Waals surface area contributed by atoms with Crippen molar-refractivity contribution >= 4 is 11.6 Å². The van der Waals surface area contributed by atoms with Gasteiger partial charge >= 0.3 is 0 Å². The Hall–Kier alpha value is -1.55. The molecule has 1 aromatic carbocycles. The summed E-state index contributed by atoms with van der Waals surface area (Å²) >= 11 is 0. The molecule has 0 unspecified atom stereocenters. The number of benzene rings is 1. The molecule has 0 saturated heterocycles. The summed E-state index contributed by atoms with van der Waals surface area (Å²) in [6.07, 6.45) is 5.21. The fourth-order valence-corrected chi connectivity index (χ4v) is 2.77. The lowest BCUT2D eigenvalue weighted by Crippen LogP contribution is -2.36. The summed E-state index contributed by atoms with van der Waals surface area (Å²) < 4.78 is 5.17. The van der Waals surface area contributed by atoms with Crippen molar-refractivity contribution < 1.29 is 9.53 Å². The number of nitrogens with two attached hydrogens (primary N) is 1. The summed E-state index contributed by atoms with van der Waals surface area (Å²) in [6, 6.07) is 7.68. The van der Waals surface area contributed by atoms with Crippen LogP contribution in [0.5, 0.6) is 5.75 Å². The Morgan fingerprint density at radius 3 is 2.50 bits per heavy atom. The van der Waals surface area contributed by atoms with Crippen molar-refractivity contribution in [1.29, 1.82) is 0 Å². The van der Waals surface area contributed by atoms with Crippen LogP contribution in [-0.4, -0.2) is 26.1 Å². The lowest BCUT2D eigenvalue weighted by atomic mass is 10.1. The third-order valence-electron chi connectivity index (χ3n) is 3.94. The molecule has 4 nitrogen and oxygen atoms in total. The molecule has 1 aliphatic rings. The summed E-state index contributed by atoms with van der Waals surface area (Å²) in [7, 11) is 1.64. The van der Waals surface area contributed by atoms with Crippen LogP contribution >= 0.6 is 0 Å². The topological polar surface area (TPSA) is 55.6 Å². The van der Waals surface area contributed by atoms with Crippen LogP contribution in [0.15, 0.2) is 24.3 Å². The minimum absolute atomic E-state index is 0.190. The van der Waals surface area contributed by atoms with Crippen molar-refractivity contribution in [2.45, 2.75) is 32.1 Å². The second kappa shape index (κ2) is 7.29. The number of nitrogens with zero attached hydrogens (tertiary/aromatic N) is 1. The minimum Gasteiger partial charge on any atom is -0.497 e. The molecule has 2 rings (SSSR count). The number of carbonyl (C=O) groups is 1. The fourth-order valence-electron chi connectivity index (χ4n) is 2.77. The van der Waals surface area contributed by atoms with E-state index in [1.54, 1.807) is 7.11 Å². The van der Waals surface area contributed by atoms with Gasteiger partial charge in [-0.15, -0.1) is 0 Å². The van der Waals surface area contributed by atoms with Crippen LogP contribution in [0.3, 0.4) is 0 Å². The normalized spacial score (nSPS) is 15.3. The van der Waals surface area contributed by atoms with E-state index in [1.165, 1.54) is 12.8 Å². The van der Waals surface area contributed by atoms with Crippen molar-refractivity contribution in [2.75, 3.05) is 25.1 Å². The largest absolute Gasteiger partial charge is 0.497 e. The zero-order valence-electron chi connectivity index (χ0n) is 12.2. The van der Waals surface area contributed by atoms with Crippen LogP contribution < -0.4 is 15.4 Å². The van der Waals surface area contributed by atoms with Crippen LogP contribution in [0.25, 0.3) is 0 Å². The van der Waals surface area contributed by atoms with Gasteiger partial charge in [-0.3, -0.25) is 4.79 Å². The maximum absolute atomic E-state index is 12.7. The third kappa shape index (κ3) is 3.51. The average molecular weight is 276 g/mol. The Morgan fingerprint density at radius 2 is 1.95 bits per heavy atom. The molecular formula is C16H24N2O2. The summed E-state index contributed by atoms with van der Waals surface area (Å²) in [5.41, 5.74) is 6.54. The van der Waals surface area contributed by atoms with Crippen molar-refractivity contribution in [1.82, 2.24) is 0 Å². The highest BCUT2D eigenvalue weighted by molar-refractivity contribution is 5.95. The number of anilines is 1. The molecule has 1 aromatic rings. The van der Waals surface area contributed by atoms with Gasteiger partial charge in [0.2, 0.25) is 5.91 Å². The highest BCUT2D eigenvalue weighted by atomic mass is 16.5. The monoisotopic (exact) mass is 276 g/mol. The first-order valence-corrected chi connectivity index (χ1v) is 7.41. The first-order valence-electron chi connectivity index (χ1n) is 7.41. The lowest BCUT2D eigenvalue weighted by Gasteiger charge is -2.26. The van der Waals surface area contributed by atoms with Gasteiger partial charge in [0, 0.05) is 18.2 Å². The zero-order chi connectivity index (χ0) is 14.4. The van der Waals surface area contributed by atoms with E-state index in [9.17, 15) is 4.79 Å². The van der Waals surface area contributed by atoms with Gasteiger partial charge in [0.05, 0.1) is 7.11 Å². The first-order chi connectivity index (χ1) is 9.76. The van der Waals surface area contributed by atoms with Crippen molar-refractivity contribution in [3.05, 3.63) is 24.3 Å². The molecule has 0 aliphatic heterocycles. The zero-order valence-corrected chi connectivity index (χ0v) is 12.2. The number of rotatable bonds is 6. The van der Waals surface area contributed by atoms with Gasteiger partial charge in [-0.25, -0.2) is 0 Å². The van der Waals surface area contributed by atoms with E-state index in [4.69, 9.17) is 10.5 Å². The highest BCUT2D eigenvalue weighted by Gasteiger charge is 2.27. The summed E-state index contributed by atoms with van der Waals surface area (Å²) in [5, 5.41) is 0. The number of hydrogen-bond acceptors (Lipinski definition) is 3. The Morgan fingerprint density at radius 1 is 1.30 bits per heavy atom. The first kappa shape index (κ1) is 14.9. The fraction of sp³-hybridized carbons (Fsp3) is 0.562. The SMILES string of the molecule is COc1ccc(N(CCCN)C(=O)C2CCCC2)cc1. The molecule has 0 atom stereocenters. The van der Waals surface area contributed by atoms with Crippen LogP contribution in [0.4, 0.5) is 5.69 Å². The van der Waals surface area contributed by atoms with Crippen molar-refractivity contribution in [2.24, 2.45) is 11.7 Å². The Bertz CT molecular complexity index is 425. The van der Waals surface area contributed by atoms with Gasteiger partial charge < -0.3 is 15.4 Å². The molecule has 0 radical (unpaired) electrons. The highest BCUT2D eigenvalue weighted by Crippen LogP contribution is 2.29. The van der Waals surface area contributed by atoms with Gasteiger partial charge in [0.1, 0.15) is 5.75 Å². The van der Waals surface area contributed by atoms with Gasteiger partial charge in [0.15, 0.2) is 0 Å². The quantitative estimate of drug-likeness (QED) is 0.868. The lowest BCUT2D eigenvalue weighted by molar-refractivity contribution is -0.122.